The lowest BCUT2D eigenvalue weighted by Crippen LogP contribution is -2.32. The van der Waals surface area contributed by atoms with Gasteiger partial charge < -0.3 is 10.1 Å². The summed E-state index contributed by atoms with van der Waals surface area (Å²) < 4.78 is 5.72. The lowest BCUT2D eigenvalue weighted by atomic mass is 10.1. The standard InChI is InChI=1S/C12H11NO2S2/c1-15-8-4-2-7(3-5-8)9-6-12(9)10(14)17-11(16)13-12/h2-5,9H,6H2,1H3,(H,13,16)/t9-,12-/m1/s1. The quantitative estimate of drug-likeness (QED) is 0.829. The first-order valence-electron chi connectivity index (χ1n) is 5.34. The van der Waals surface area contributed by atoms with Crippen molar-refractivity contribution < 1.29 is 9.53 Å². The molecule has 1 aromatic rings. The van der Waals surface area contributed by atoms with Gasteiger partial charge in [-0.25, -0.2) is 0 Å². The highest BCUT2D eigenvalue weighted by atomic mass is 32.2. The Morgan fingerprint density at radius 1 is 1.47 bits per heavy atom. The van der Waals surface area contributed by atoms with Gasteiger partial charge in [-0.2, -0.15) is 0 Å². The number of ether oxygens (including phenoxy) is 1. The first-order chi connectivity index (χ1) is 8.15. The molecule has 0 unspecified atom stereocenters. The van der Waals surface area contributed by atoms with Gasteiger partial charge in [0.15, 0.2) is 0 Å². The summed E-state index contributed by atoms with van der Waals surface area (Å²) in [7, 11) is 1.64. The Labute approximate surface area is 109 Å². The predicted molar refractivity (Wildman–Crippen MR) is 71.4 cm³/mol. The Balaban J connectivity index is 1.84. The second-order valence-corrected chi connectivity index (χ2v) is 5.95. The van der Waals surface area contributed by atoms with Crippen LogP contribution in [-0.2, 0) is 4.79 Å². The molecular formula is C12H11NO2S2. The van der Waals surface area contributed by atoms with Crippen LogP contribution in [-0.4, -0.2) is 22.1 Å². The highest BCUT2D eigenvalue weighted by Gasteiger charge is 2.64. The van der Waals surface area contributed by atoms with Crippen LogP contribution in [0.25, 0.3) is 0 Å². The van der Waals surface area contributed by atoms with Gasteiger partial charge in [0.05, 0.1) is 7.11 Å². The van der Waals surface area contributed by atoms with Crippen molar-refractivity contribution in [1.82, 2.24) is 5.32 Å². The first kappa shape index (κ1) is 11.0. The summed E-state index contributed by atoms with van der Waals surface area (Å²) in [6, 6.07) is 7.87. The van der Waals surface area contributed by atoms with E-state index in [2.05, 4.69) is 5.32 Å². The van der Waals surface area contributed by atoms with Crippen LogP contribution in [0.4, 0.5) is 0 Å². The summed E-state index contributed by atoms with van der Waals surface area (Å²) in [5.41, 5.74) is 0.744. The Bertz CT molecular complexity index is 500. The third-order valence-corrected chi connectivity index (χ3v) is 4.54. The number of hydrogen-bond donors (Lipinski definition) is 1. The molecule has 2 fully saturated rings. The monoisotopic (exact) mass is 265 g/mol. The Morgan fingerprint density at radius 2 is 2.18 bits per heavy atom. The molecule has 0 amide bonds. The Hall–Kier alpha value is -1.07. The molecule has 0 aromatic heterocycles. The number of benzene rings is 1. The number of methoxy groups -OCH3 is 1. The Kier molecular flexibility index (Phi) is 2.41. The van der Waals surface area contributed by atoms with Gasteiger partial charge in [0, 0.05) is 5.92 Å². The summed E-state index contributed by atoms with van der Waals surface area (Å²) in [5.74, 6) is 1.08. The summed E-state index contributed by atoms with van der Waals surface area (Å²) in [6.45, 7) is 0. The van der Waals surface area contributed by atoms with E-state index < -0.39 is 5.54 Å². The summed E-state index contributed by atoms with van der Waals surface area (Å²) in [5, 5.41) is 3.30. The van der Waals surface area contributed by atoms with Gasteiger partial charge in [0.1, 0.15) is 15.6 Å². The molecular weight excluding hydrogens is 254 g/mol. The number of thioether (sulfide) groups is 1. The zero-order valence-electron chi connectivity index (χ0n) is 9.23. The van der Waals surface area contributed by atoms with Crippen molar-refractivity contribution in [3.05, 3.63) is 29.8 Å². The van der Waals surface area contributed by atoms with Gasteiger partial charge >= 0.3 is 0 Å². The van der Waals surface area contributed by atoms with Crippen LogP contribution in [0.5, 0.6) is 5.75 Å². The molecule has 2 aliphatic rings. The molecule has 1 aliphatic heterocycles. The molecule has 1 N–H and O–H groups in total. The summed E-state index contributed by atoms with van der Waals surface area (Å²) in [6.07, 6.45) is 0.839. The van der Waals surface area contributed by atoms with Gasteiger partial charge in [-0.1, -0.05) is 24.4 Å². The minimum Gasteiger partial charge on any atom is -0.497 e. The molecule has 17 heavy (non-hydrogen) atoms. The fourth-order valence-corrected chi connectivity index (χ4v) is 3.57. The molecule has 1 aromatic carbocycles. The van der Waals surface area contributed by atoms with Gasteiger partial charge in [-0.3, -0.25) is 4.79 Å². The van der Waals surface area contributed by atoms with Crippen LogP contribution in [0.1, 0.15) is 17.9 Å². The maximum Gasteiger partial charge on any atom is 0.221 e. The molecule has 1 aliphatic carbocycles. The molecule has 0 radical (unpaired) electrons. The largest absolute Gasteiger partial charge is 0.497 e. The minimum atomic E-state index is -0.420. The molecule has 1 saturated heterocycles. The van der Waals surface area contributed by atoms with Crippen molar-refractivity contribution in [3.63, 3.8) is 0 Å². The first-order valence-corrected chi connectivity index (χ1v) is 6.56. The van der Waals surface area contributed by atoms with Crippen molar-refractivity contribution in [2.75, 3.05) is 7.11 Å². The average Bonchev–Trinajstić information content (AvgIpc) is 2.97. The molecule has 5 heteroatoms. The lowest BCUT2D eigenvalue weighted by molar-refractivity contribution is -0.112. The number of carbonyl (C=O) groups is 1. The van der Waals surface area contributed by atoms with E-state index in [-0.39, 0.29) is 11.0 Å². The number of rotatable bonds is 2. The van der Waals surface area contributed by atoms with E-state index in [0.717, 1.165) is 29.5 Å². The van der Waals surface area contributed by atoms with E-state index in [1.165, 1.54) is 0 Å². The summed E-state index contributed by atoms with van der Waals surface area (Å²) in [4.78, 5) is 11.9. The number of nitrogens with one attached hydrogen (secondary N) is 1. The third kappa shape index (κ3) is 1.65. The molecule has 1 heterocycles. The Morgan fingerprint density at radius 3 is 2.71 bits per heavy atom. The van der Waals surface area contributed by atoms with Crippen LogP contribution in [0.2, 0.25) is 0 Å². The number of carbonyl (C=O) groups excluding carboxylic acids is 1. The van der Waals surface area contributed by atoms with E-state index in [0.29, 0.717) is 4.32 Å². The second kappa shape index (κ2) is 3.71. The molecule has 1 saturated carbocycles. The number of hydrogen-bond acceptors (Lipinski definition) is 4. The van der Waals surface area contributed by atoms with Gasteiger partial charge in [0.25, 0.3) is 0 Å². The molecule has 2 atom stereocenters. The SMILES string of the molecule is COc1ccc([C@H]2C[C@@]23NC(=S)SC3=O)cc1. The summed E-state index contributed by atoms with van der Waals surface area (Å²) >= 11 is 6.19. The van der Waals surface area contributed by atoms with Gasteiger partial charge in [-0.05, 0) is 35.9 Å². The second-order valence-electron chi connectivity index (χ2n) is 4.30. The van der Waals surface area contributed by atoms with Crippen molar-refractivity contribution in [1.29, 1.82) is 0 Å². The maximum absolute atomic E-state index is 11.9. The van der Waals surface area contributed by atoms with Gasteiger partial charge in [0.2, 0.25) is 5.12 Å². The fraction of sp³-hybridized carbons (Fsp3) is 0.333. The van der Waals surface area contributed by atoms with E-state index in [4.69, 9.17) is 17.0 Å². The predicted octanol–water partition coefficient (Wildman–Crippen LogP) is 2.07. The van der Waals surface area contributed by atoms with Crippen LogP contribution < -0.4 is 10.1 Å². The van der Waals surface area contributed by atoms with Crippen LogP contribution in [0.15, 0.2) is 24.3 Å². The third-order valence-electron chi connectivity index (χ3n) is 3.35. The maximum atomic E-state index is 11.9. The van der Waals surface area contributed by atoms with Crippen molar-refractivity contribution in [2.24, 2.45) is 0 Å². The van der Waals surface area contributed by atoms with Crippen molar-refractivity contribution >= 4 is 33.4 Å². The topological polar surface area (TPSA) is 38.3 Å². The smallest absolute Gasteiger partial charge is 0.221 e. The fourth-order valence-electron chi connectivity index (χ4n) is 2.30. The molecule has 88 valence electrons. The zero-order valence-corrected chi connectivity index (χ0v) is 10.9. The zero-order chi connectivity index (χ0) is 12.0. The molecule has 3 nitrogen and oxygen atoms in total. The average molecular weight is 265 g/mol. The highest BCUT2D eigenvalue weighted by molar-refractivity contribution is 8.33. The van der Waals surface area contributed by atoms with E-state index in [1.54, 1.807) is 7.11 Å². The van der Waals surface area contributed by atoms with Crippen LogP contribution in [0.3, 0.4) is 0 Å². The molecule has 1 spiro atoms. The van der Waals surface area contributed by atoms with Gasteiger partial charge in [-0.15, -0.1) is 0 Å². The van der Waals surface area contributed by atoms with E-state index in [1.807, 2.05) is 24.3 Å². The lowest BCUT2D eigenvalue weighted by Gasteiger charge is -2.08. The van der Waals surface area contributed by atoms with Crippen LogP contribution in [0, 0.1) is 0 Å². The highest BCUT2D eigenvalue weighted by Crippen LogP contribution is 2.56. The molecule has 0 bridgehead atoms. The minimum absolute atomic E-state index is 0.156. The van der Waals surface area contributed by atoms with Crippen molar-refractivity contribution in [2.45, 2.75) is 17.9 Å². The van der Waals surface area contributed by atoms with E-state index in [9.17, 15) is 4.79 Å². The number of thiocarbonyl (C=S) groups is 1. The van der Waals surface area contributed by atoms with Crippen molar-refractivity contribution in [3.8, 4) is 5.75 Å². The van der Waals surface area contributed by atoms with E-state index >= 15 is 0 Å². The molecule has 3 rings (SSSR count). The normalized spacial score (nSPS) is 30.5. The van der Waals surface area contributed by atoms with Crippen LogP contribution >= 0.6 is 24.0 Å².